The van der Waals surface area contributed by atoms with Crippen molar-refractivity contribution in [2.24, 2.45) is 0 Å². The van der Waals surface area contributed by atoms with Crippen LogP contribution in [0.1, 0.15) is 29.8 Å². The van der Waals surface area contributed by atoms with Crippen LogP contribution in [0.5, 0.6) is 0 Å². The minimum Gasteiger partial charge on any atom is -0.480 e. The number of amides is 3. The number of rotatable bonds is 7. The Kier molecular flexibility index (Phi) is 6.60. The zero-order chi connectivity index (χ0) is 15.8. The van der Waals surface area contributed by atoms with E-state index in [2.05, 4.69) is 20.9 Å². The van der Waals surface area contributed by atoms with Gasteiger partial charge in [-0.1, -0.05) is 6.92 Å². The van der Waals surface area contributed by atoms with Crippen molar-refractivity contribution in [1.29, 1.82) is 0 Å². The van der Waals surface area contributed by atoms with Gasteiger partial charge in [0, 0.05) is 11.1 Å². The Bertz CT molecular complexity index is 517. The lowest BCUT2D eigenvalue weighted by atomic mass is 10.3. The Hall–Kier alpha value is -2.16. The molecule has 0 saturated carbocycles. The predicted molar refractivity (Wildman–Crippen MR) is 77.1 cm³/mol. The van der Waals surface area contributed by atoms with E-state index in [1.807, 2.05) is 6.92 Å². The molecule has 0 radical (unpaired) electrons. The first-order valence-corrected chi connectivity index (χ1v) is 7.21. The molecule has 1 aromatic heterocycles. The second-order valence-electron chi connectivity index (χ2n) is 4.24. The third kappa shape index (κ3) is 6.21. The number of aromatic nitrogens is 1. The molecule has 1 aromatic rings. The summed E-state index contributed by atoms with van der Waals surface area (Å²) in [6, 6.07) is -0.779. The summed E-state index contributed by atoms with van der Waals surface area (Å²) in [5, 5.41) is 16.3. The summed E-state index contributed by atoms with van der Waals surface area (Å²) < 4.78 is 0. The Labute approximate surface area is 126 Å². The highest BCUT2D eigenvalue weighted by Crippen LogP contribution is 2.19. The number of carbonyl (C=O) groups is 3. The Morgan fingerprint density at radius 2 is 2.05 bits per heavy atom. The minimum atomic E-state index is -1.14. The average Bonchev–Trinajstić information content (AvgIpc) is 2.91. The van der Waals surface area contributed by atoms with Crippen molar-refractivity contribution < 1.29 is 19.5 Å². The van der Waals surface area contributed by atoms with Crippen molar-refractivity contribution in [2.75, 3.05) is 13.1 Å². The Balaban J connectivity index is 2.32. The lowest BCUT2D eigenvalue weighted by Crippen LogP contribution is -2.43. The number of carbonyl (C=O) groups excluding carboxylic acids is 2. The second kappa shape index (κ2) is 8.20. The largest absolute Gasteiger partial charge is 0.480 e. The van der Waals surface area contributed by atoms with E-state index in [1.54, 1.807) is 13.1 Å². The number of nitrogens with one attached hydrogen (secondary N) is 3. The predicted octanol–water partition coefficient (Wildman–Crippen LogP) is 0.267. The van der Waals surface area contributed by atoms with Crippen LogP contribution in [0, 0.1) is 0 Å². The van der Waals surface area contributed by atoms with Crippen LogP contribution in [0.2, 0.25) is 0 Å². The van der Waals surface area contributed by atoms with Gasteiger partial charge in [0.1, 0.15) is 11.6 Å². The van der Waals surface area contributed by atoms with E-state index in [4.69, 9.17) is 5.11 Å². The zero-order valence-corrected chi connectivity index (χ0v) is 12.6. The molecule has 1 rings (SSSR count). The number of hydrogen-bond donors (Lipinski definition) is 4. The van der Waals surface area contributed by atoms with E-state index in [1.165, 1.54) is 11.3 Å². The number of nitrogens with zero attached hydrogens (tertiary/aromatic N) is 1. The summed E-state index contributed by atoms with van der Waals surface area (Å²) in [4.78, 5) is 38.4. The van der Waals surface area contributed by atoms with Crippen LogP contribution < -0.4 is 16.0 Å². The van der Waals surface area contributed by atoms with Crippen LogP contribution in [0.3, 0.4) is 0 Å². The number of hydrogen-bond acceptors (Lipinski definition) is 5. The van der Waals surface area contributed by atoms with Crippen LogP contribution in [0.15, 0.2) is 6.20 Å². The molecule has 116 valence electrons. The minimum absolute atomic E-state index is 0.266. The van der Waals surface area contributed by atoms with Crippen LogP contribution >= 0.6 is 11.3 Å². The van der Waals surface area contributed by atoms with Gasteiger partial charge in [0.05, 0.1) is 12.6 Å². The van der Waals surface area contributed by atoms with Crippen molar-refractivity contribution in [1.82, 2.24) is 20.9 Å². The molecule has 0 bridgehead atoms. The Morgan fingerprint density at radius 1 is 1.33 bits per heavy atom. The van der Waals surface area contributed by atoms with E-state index >= 15 is 0 Å². The van der Waals surface area contributed by atoms with Crippen molar-refractivity contribution >= 4 is 29.2 Å². The van der Waals surface area contributed by atoms with E-state index < -0.39 is 24.5 Å². The topological polar surface area (TPSA) is 120 Å². The molecule has 0 aliphatic carbocycles. The molecule has 3 amide bonds. The smallest absolute Gasteiger partial charge is 0.322 e. The number of urea groups is 1. The van der Waals surface area contributed by atoms with Crippen molar-refractivity contribution in [3.05, 3.63) is 16.1 Å². The molecule has 0 aliphatic rings. The molecule has 9 heteroatoms. The van der Waals surface area contributed by atoms with Crippen molar-refractivity contribution in [3.63, 3.8) is 0 Å². The molecule has 21 heavy (non-hydrogen) atoms. The number of aryl methyl sites for hydroxylation is 1. The molecule has 0 aromatic carbocycles. The maximum absolute atomic E-state index is 11.6. The summed E-state index contributed by atoms with van der Waals surface area (Å²) in [6.45, 7) is 3.06. The van der Waals surface area contributed by atoms with Gasteiger partial charge in [-0.05, 0) is 13.3 Å². The van der Waals surface area contributed by atoms with Crippen LogP contribution in [0.4, 0.5) is 4.79 Å². The van der Waals surface area contributed by atoms with Gasteiger partial charge in [-0.3, -0.25) is 9.59 Å². The number of carboxylic acids is 1. The summed E-state index contributed by atoms with van der Waals surface area (Å²) >= 11 is 1.52. The van der Waals surface area contributed by atoms with Crippen LogP contribution in [0.25, 0.3) is 0 Å². The first-order valence-electron chi connectivity index (χ1n) is 6.39. The van der Waals surface area contributed by atoms with Gasteiger partial charge in [-0.2, -0.15) is 0 Å². The standard InChI is InChI=1S/C12H18N4O4S/c1-3-8-4-14-11(21-8)7(2)16-12(20)15-5-9(17)13-6-10(18)19/h4,7H,3,5-6H2,1-2H3,(H,13,17)(H,18,19)(H2,15,16,20). The van der Waals surface area contributed by atoms with Gasteiger partial charge in [0.2, 0.25) is 5.91 Å². The molecular formula is C12H18N4O4S. The first kappa shape index (κ1) is 16.9. The van der Waals surface area contributed by atoms with Gasteiger partial charge >= 0.3 is 12.0 Å². The highest BCUT2D eigenvalue weighted by Gasteiger charge is 2.13. The van der Waals surface area contributed by atoms with E-state index in [0.717, 1.165) is 16.3 Å². The maximum atomic E-state index is 11.6. The molecule has 0 spiro atoms. The SMILES string of the molecule is CCc1cnc(C(C)NC(=O)NCC(=O)NCC(=O)O)s1. The lowest BCUT2D eigenvalue weighted by molar-refractivity contribution is -0.137. The summed E-state index contributed by atoms with van der Waals surface area (Å²) in [7, 11) is 0. The first-order chi connectivity index (χ1) is 9.92. The van der Waals surface area contributed by atoms with E-state index in [9.17, 15) is 14.4 Å². The number of aliphatic carboxylic acids is 1. The van der Waals surface area contributed by atoms with Crippen molar-refractivity contribution in [3.8, 4) is 0 Å². The molecule has 1 unspecified atom stereocenters. The molecule has 0 saturated heterocycles. The normalized spacial score (nSPS) is 11.5. The van der Waals surface area contributed by atoms with Gasteiger partial charge in [-0.15, -0.1) is 11.3 Å². The van der Waals surface area contributed by atoms with Crippen LogP contribution in [-0.2, 0) is 16.0 Å². The van der Waals surface area contributed by atoms with Gasteiger partial charge in [0.25, 0.3) is 0 Å². The Morgan fingerprint density at radius 3 is 2.62 bits per heavy atom. The fourth-order valence-electron chi connectivity index (χ4n) is 1.39. The molecule has 0 aliphatic heterocycles. The number of thiazole rings is 1. The van der Waals surface area contributed by atoms with E-state index in [0.29, 0.717) is 0 Å². The van der Waals surface area contributed by atoms with Crippen LogP contribution in [-0.4, -0.2) is 41.1 Å². The summed E-state index contributed by atoms with van der Waals surface area (Å²) in [5.74, 6) is -1.71. The fraction of sp³-hybridized carbons (Fsp3) is 0.500. The second-order valence-corrected chi connectivity index (χ2v) is 5.38. The summed E-state index contributed by atoms with van der Waals surface area (Å²) in [6.07, 6.45) is 2.66. The molecular weight excluding hydrogens is 296 g/mol. The monoisotopic (exact) mass is 314 g/mol. The van der Waals surface area contributed by atoms with Gasteiger partial charge in [-0.25, -0.2) is 9.78 Å². The molecule has 1 heterocycles. The maximum Gasteiger partial charge on any atom is 0.322 e. The van der Waals surface area contributed by atoms with Gasteiger partial charge < -0.3 is 21.1 Å². The molecule has 8 nitrogen and oxygen atoms in total. The highest BCUT2D eigenvalue weighted by atomic mass is 32.1. The molecule has 4 N–H and O–H groups in total. The lowest BCUT2D eigenvalue weighted by Gasteiger charge is -2.12. The average molecular weight is 314 g/mol. The third-order valence-corrected chi connectivity index (χ3v) is 3.81. The van der Waals surface area contributed by atoms with Gasteiger partial charge in [0.15, 0.2) is 0 Å². The number of carboxylic acid groups (broad SMARTS) is 1. The van der Waals surface area contributed by atoms with Crippen molar-refractivity contribution in [2.45, 2.75) is 26.3 Å². The molecule has 0 fully saturated rings. The third-order valence-electron chi connectivity index (χ3n) is 2.48. The molecule has 1 atom stereocenters. The quantitative estimate of drug-likeness (QED) is 0.575. The van der Waals surface area contributed by atoms with E-state index in [-0.39, 0.29) is 12.6 Å². The zero-order valence-electron chi connectivity index (χ0n) is 11.8. The summed E-state index contributed by atoms with van der Waals surface area (Å²) in [5.41, 5.74) is 0. The fourth-order valence-corrected chi connectivity index (χ4v) is 2.25. The highest BCUT2D eigenvalue weighted by molar-refractivity contribution is 7.11.